The van der Waals surface area contributed by atoms with E-state index in [0.717, 1.165) is 25.6 Å². The third-order valence-corrected chi connectivity index (χ3v) is 5.69. The molecular weight excluding hydrogens is 310 g/mol. The van der Waals surface area contributed by atoms with Gasteiger partial charge >= 0.3 is 0 Å². The molecule has 1 saturated carbocycles. The van der Waals surface area contributed by atoms with Gasteiger partial charge in [-0.1, -0.05) is 37.3 Å². The van der Waals surface area contributed by atoms with Crippen molar-refractivity contribution in [3.8, 4) is 0 Å². The first kappa shape index (κ1) is 18.2. The molecule has 5 heteroatoms. The Morgan fingerprint density at radius 2 is 1.72 bits per heavy atom. The van der Waals surface area contributed by atoms with Crippen molar-refractivity contribution >= 4 is 5.96 Å². The maximum absolute atomic E-state index is 4.39. The number of rotatable bonds is 7. The maximum atomic E-state index is 4.39. The largest absolute Gasteiger partial charge is 0.356 e. The first-order valence-corrected chi connectivity index (χ1v) is 9.70. The Kier molecular flexibility index (Phi) is 6.32. The van der Waals surface area contributed by atoms with Crippen LogP contribution >= 0.6 is 0 Å². The van der Waals surface area contributed by atoms with Crippen LogP contribution in [-0.2, 0) is 5.41 Å². The maximum Gasteiger partial charge on any atom is 0.191 e. The number of guanidine groups is 1. The second kappa shape index (κ2) is 8.68. The number of nitrogens with one attached hydrogen (secondary N) is 2. The number of aliphatic imine (C=N–C) groups is 1. The van der Waals surface area contributed by atoms with Crippen LogP contribution in [0.15, 0.2) is 35.3 Å². The molecule has 0 aromatic heterocycles. The topological polar surface area (TPSA) is 42.9 Å². The lowest BCUT2D eigenvalue weighted by atomic mass is 9.96. The fraction of sp³-hybridized carbons (Fsp3) is 0.650. The molecule has 0 unspecified atom stereocenters. The Balaban J connectivity index is 1.38. The second-order valence-corrected chi connectivity index (χ2v) is 7.27. The Labute approximate surface area is 152 Å². The van der Waals surface area contributed by atoms with Crippen LogP contribution < -0.4 is 10.6 Å². The minimum absolute atomic E-state index is 0.315. The molecule has 0 bridgehead atoms. The molecular formula is C20H33N5. The van der Waals surface area contributed by atoms with Gasteiger partial charge in [0.15, 0.2) is 5.96 Å². The molecule has 2 N–H and O–H groups in total. The van der Waals surface area contributed by atoms with Crippen molar-refractivity contribution in [1.29, 1.82) is 0 Å². The Bertz CT molecular complexity index is 544. The molecule has 1 aliphatic carbocycles. The fourth-order valence-electron chi connectivity index (χ4n) is 3.65. The number of piperazine rings is 1. The van der Waals surface area contributed by atoms with E-state index in [4.69, 9.17) is 0 Å². The average molecular weight is 344 g/mol. The minimum Gasteiger partial charge on any atom is -0.356 e. The van der Waals surface area contributed by atoms with Gasteiger partial charge in [0.05, 0.1) is 0 Å². The highest BCUT2D eigenvalue weighted by Gasteiger charge is 2.43. The van der Waals surface area contributed by atoms with Gasteiger partial charge < -0.3 is 15.5 Å². The number of likely N-dealkylation sites (N-methyl/N-ethyl adjacent to an activating group) is 1. The number of benzene rings is 1. The molecule has 1 aromatic rings. The number of hydrogen-bond acceptors (Lipinski definition) is 3. The molecule has 0 amide bonds. The molecule has 1 aliphatic heterocycles. The van der Waals surface area contributed by atoms with E-state index in [2.05, 4.69) is 62.7 Å². The molecule has 2 fully saturated rings. The zero-order valence-corrected chi connectivity index (χ0v) is 15.8. The van der Waals surface area contributed by atoms with E-state index in [1.54, 1.807) is 0 Å². The van der Waals surface area contributed by atoms with E-state index < -0.39 is 0 Å². The Morgan fingerprint density at radius 3 is 2.32 bits per heavy atom. The lowest BCUT2D eigenvalue weighted by molar-refractivity contribution is 0.139. The van der Waals surface area contributed by atoms with Gasteiger partial charge in [0, 0.05) is 58.3 Å². The van der Waals surface area contributed by atoms with Crippen molar-refractivity contribution in [3.63, 3.8) is 0 Å². The van der Waals surface area contributed by atoms with Crippen LogP contribution in [0, 0.1) is 0 Å². The highest BCUT2D eigenvalue weighted by atomic mass is 15.3. The molecule has 0 spiro atoms. The summed E-state index contributed by atoms with van der Waals surface area (Å²) >= 11 is 0. The smallest absolute Gasteiger partial charge is 0.191 e. The average Bonchev–Trinajstić information content (AvgIpc) is 3.47. The standard InChI is InChI=1S/C20H33N5/c1-3-24-13-15-25(16-14-24)12-11-22-19(21-2)23-17-20(9-10-20)18-7-5-4-6-8-18/h4-8H,3,9-17H2,1-2H3,(H2,21,22,23). The molecule has 1 aromatic carbocycles. The summed E-state index contributed by atoms with van der Waals surface area (Å²) in [6.45, 7) is 11.2. The zero-order valence-electron chi connectivity index (χ0n) is 15.8. The van der Waals surface area contributed by atoms with Crippen LogP contribution in [0.1, 0.15) is 25.3 Å². The molecule has 0 radical (unpaired) electrons. The zero-order chi connectivity index (χ0) is 17.5. The van der Waals surface area contributed by atoms with Crippen molar-refractivity contribution < 1.29 is 0 Å². The van der Waals surface area contributed by atoms with Gasteiger partial charge in [-0.15, -0.1) is 0 Å². The molecule has 1 heterocycles. The van der Waals surface area contributed by atoms with Gasteiger partial charge in [0.2, 0.25) is 0 Å². The lowest BCUT2D eigenvalue weighted by Crippen LogP contribution is -2.49. The van der Waals surface area contributed by atoms with Crippen LogP contribution in [0.4, 0.5) is 0 Å². The van der Waals surface area contributed by atoms with Gasteiger partial charge in [-0.2, -0.15) is 0 Å². The number of nitrogens with zero attached hydrogens (tertiary/aromatic N) is 3. The van der Waals surface area contributed by atoms with Gasteiger partial charge in [0.1, 0.15) is 0 Å². The van der Waals surface area contributed by atoms with Crippen LogP contribution in [0.2, 0.25) is 0 Å². The summed E-state index contributed by atoms with van der Waals surface area (Å²) in [5, 5.41) is 7.01. The first-order chi connectivity index (χ1) is 12.3. The molecule has 0 atom stereocenters. The quantitative estimate of drug-likeness (QED) is 0.582. The van der Waals surface area contributed by atoms with Gasteiger partial charge in [-0.3, -0.25) is 9.89 Å². The predicted octanol–water partition coefficient (Wildman–Crippen LogP) is 1.52. The monoisotopic (exact) mass is 343 g/mol. The van der Waals surface area contributed by atoms with E-state index in [-0.39, 0.29) is 0 Å². The van der Waals surface area contributed by atoms with E-state index >= 15 is 0 Å². The fourth-order valence-corrected chi connectivity index (χ4v) is 3.65. The molecule has 25 heavy (non-hydrogen) atoms. The normalized spacial score (nSPS) is 21.1. The highest BCUT2D eigenvalue weighted by Crippen LogP contribution is 2.47. The molecule has 5 nitrogen and oxygen atoms in total. The highest BCUT2D eigenvalue weighted by molar-refractivity contribution is 5.79. The van der Waals surface area contributed by atoms with E-state index in [1.807, 2.05) is 7.05 Å². The number of hydrogen-bond donors (Lipinski definition) is 2. The summed E-state index contributed by atoms with van der Waals surface area (Å²) in [6, 6.07) is 10.9. The SMILES string of the molecule is CCN1CCN(CCNC(=NC)NCC2(c3ccccc3)CC2)CC1. The minimum atomic E-state index is 0.315. The summed E-state index contributed by atoms with van der Waals surface area (Å²) in [4.78, 5) is 9.45. The van der Waals surface area contributed by atoms with Crippen molar-refractivity contribution in [3.05, 3.63) is 35.9 Å². The van der Waals surface area contributed by atoms with Crippen LogP contribution in [0.3, 0.4) is 0 Å². The van der Waals surface area contributed by atoms with Crippen molar-refractivity contribution in [1.82, 2.24) is 20.4 Å². The molecule has 138 valence electrons. The lowest BCUT2D eigenvalue weighted by Gasteiger charge is -2.34. The third kappa shape index (κ3) is 4.95. The first-order valence-electron chi connectivity index (χ1n) is 9.70. The summed E-state index contributed by atoms with van der Waals surface area (Å²) in [5.41, 5.74) is 1.77. The van der Waals surface area contributed by atoms with E-state index in [1.165, 1.54) is 51.1 Å². The van der Waals surface area contributed by atoms with Crippen molar-refractivity contribution in [2.24, 2.45) is 4.99 Å². The summed E-state index contributed by atoms with van der Waals surface area (Å²) < 4.78 is 0. The van der Waals surface area contributed by atoms with Crippen molar-refractivity contribution in [2.45, 2.75) is 25.2 Å². The van der Waals surface area contributed by atoms with Crippen LogP contribution in [0.25, 0.3) is 0 Å². The van der Waals surface area contributed by atoms with Crippen molar-refractivity contribution in [2.75, 3.05) is 59.4 Å². The second-order valence-electron chi connectivity index (χ2n) is 7.27. The Hall–Kier alpha value is -1.59. The van der Waals surface area contributed by atoms with E-state index in [9.17, 15) is 0 Å². The Morgan fingerprint density at radius 1 is 1.04 bits per heavy atom. The van der Waals surface area contributed by atoms with E-state index in [0.29, 0.717) is 5.41 Å². The van der Waals surface area contributed by atoms with Gasteiger partial charge in [-0.05, 0) is 24.9 Å². The molecule has 3 rings (SSSR count). The predicted molar refractivity (Wildman–Crippen MR) is 105 cm³/mol. The van der Waals surface area contributed by atoms with Gasteiger partial charge in [-0.25, -0.2) is 0 Å². The van der Waals surface area contributed by atoms with Crippen LogP contribution in [-0.4, -0.2) is 75.2 Å². The molecule has 2 aliphatic rings. The summed E-state index contributed by atoms with van der Waals surface area (Å²) in [6.07, 6.45) is 2.53. The van der Waals surface area contributed by atoms with Gasteiger partial charge in [0.25, 0.3) is 0 Å². The summed E-state index contributed by atoms with van der Waals surface area (Å²) in [7, 11) is 1.86. The molecule has 1 saturated heterocycles. The summed E-state index contributed by atoms with van der Waals surface area (Å²) in [5.74, 6) is 0.925. The van der Waals surface area contributed by atoms with Crippen LogP contribution in [0.5, 0.6) is 0 Å². The third-order valence-electron chi connectivity index (χ3n) is 5.69.